The molecule has 0 heterocycles. The summed E-state index contributed by atoms with van der Waals surface area (Å²) in [5.41, 5.74) is -0.521. The SMILES string of the molecule is COc1ccc(S(=O)c2ccc(NC(=O)c3c(F)cccc3F)cc2C#N)cc1. The lowest BCUT2D eigenvalue weighted by Crippen LogP contribution is -2.16. The van der Waals surface area contributed by atoms with E-state index in [9.17, 15) is 23.0 Å². The van der Waals surface area contributed by atoms with Gasteiger partial charge in [0, 0.05) is 10.6 Å². The van der Waals surface area contributed by atoms with Crippen molar-refractivity contribution in [3.63, 3.8) is 0 Å². The number of nitriles is 1. The second-order valence-corrected chi connectivity index (χ2v) is 7.27. The van der Waals surface area contributed by atoms with Crippen LogP contribution in [-0.2, 0) is 10.8 Å². The van der Waals surface area contributed by atoms with Crippen molar-refractivity contribution in [2.45, 2.75) is 9.79 Å². The van der Waals surface area contributed by atoms with Gasteiger partial charge in [-0.15, -0.1) is 0 Å². The highest BCUT2D eigenvalue weighted by Gasteiger charge is 2.18. The van der Waals surface area contributed by atoms with E-state index in [1.54, 1.807) is 24.3 Å². The molecule has 0 aliphatic carbocycles. The normalized spacial score (nSPS) is 11.4. The van der Waals surface area contributed by atoms with E-state index in [0.717, 1.165) is 18.2 Å². The molecule has 0 aliphatic heterocycles. The van der Waals surface area contributed by atoms with Crippen LogP contribution in [0.2, 0.25) is 0 Å². The number of halogens is 2. The van der Waals surface area contributed by atoms with Crippen molar-refractivity contribution < 1.29 is 22.5 Å². The molecule has 1 atom stereocenters. The van der Waals surface area contributed by atoms with Crippen LogP contribution in [0.4, 0.5) is 14.5 Å². The van der Waals surface area contributed by atoms with E-state index in [2.05, 4.69) is 5.32 Å². The van der Waals surface area contributed by atoms with Gasteiger partial charge in [0.25, 0.3) is 5.91 Å². The summed E-state index contributed by atoms with van der Waals surface area (Å²) in [5, 5.41) is 11.8. The number of anilines is 1. The van der Waals surface area contributed by atoms with Gasteiger partial charge in [-0.25, -0.2) is 13.0 Å². The molecule has 8 heteroatoms. The van der Waals surface area contributed by atoms with Crippen molar-refractivity contribution >= 4 is 22.4 Å². The number of amides is 1. The van der Waals surface area contributed by atoms with E-state index in [1.165, 1.54) is 25.3 Å². The molecule has 3 aromatic carbocycles. The van der Waals surface area contributed by atoms with E-state index >= 15 is 0 Å². The molecule has 0 saturated carbocycles. The van der Waals surface area contributed by atoms with Gasteiger partial charge < -0.3 is 10.1 Å². The monoisotopic (exact) mass is 412 g/mol. The molecule has 0 fully saturated rings. The number of benzene rings is 3. The summed E-state index contributed by atoms with van der Waals surface area (Å²) in [6.45, 7) is 0. The second-order valence-electron chi connectivity index (χ2n) is 5.82. The molecule has 0 bridgehead atoms. The van der Waals surface area contributed by atoms with Gasteiger partial charge in [-0.2, -0.15) is 5.26 Å². The van der Waals surface area contributed by atoms with Gasteiger partial charge in [0.15, 0.2) is 0 Å². The Hall–Kier alpha value is -3.57. The Bertz CT molecular complexity index is 1120. The molecule has 146 valence electrons. The molecule has 5 nitrogen and oxygen atoms in total. The fraction of sp³-hybridized carbons (Fsp3) is 0.0476. The van der Waals surface area contributed by atoms with E-state index in [0.29, 0.717) is 10.6 Å². The molecule has 0 saturated heterocycles. The molecular weight excluding hydrogens is 398 g/mol. The topological polar surface area (TPSA) is 79.2 Å². The van der Waals surface area contributed by atoms with Gasteiger partial charge in [0.05, 0.1) is 28.4 Å². The minimum Gasteiger partial charge on any atom is -0.497 e. The zero-order valence-electron chi connectivity index (χ0n) is 15.1. The van der Waals surface area contributed by atoms with Crippen LogP contribution in [0, 0.1) is 23.0 Å². The smallest absolute Gasteiger partial charge is 0.261 e. The number of ether oxygens (including phenoxy) is 1. The Morgan fingerprint density at radius 3 is 2.31 bits per heavy atom. The summed E-state index contributed by atoms with van der Waals surface area (Å²) in [5.74, 6) is -2.39. The van der Waals surface area contributed by atoms with Crippen LogP contribution in [0.1, 0.15) is 15.9 Å². The molecule has 3 aromatic rings. The predicted octanol–water partition coefficient (Wildman–Crippen LogP) is 4.26. The molecule has 0 aliphatic rings. The highest BCUT2D eigenvalue weighted by Crippen LogP contribution is 2.25. The third-order valence-corrected chi connectivity index (χ3v) is 5.48. The zero-order valence-corrected chi connectivity index (χ0v) is 15.9. The molecular formula is C21H14F2N2O3S. The number of rotatable bonds is 5. The first-order valence-corrected chi connectivity index (χ1v) is 9.45. The molecule has 1 N–H and O–H groups in total. The third-order valence-electron chi connectivity index (χ3n) is 4.02. The Labute approximate surface area is 168 Å². The van der Waals surface area contributed by atoms with E-state index < -0.39 is 33.9 Å². The van der Waals surface area contributed by atoms with Crippen molar-refractivity contribution in [3.8, 4) is 11.8 Å². The minimum atomic E-state index is -1.64. The van der Waals surface area contributed by atoms with E-state index in [-0.39, 0.29) is 16.1 Å². The van der Waals surface area contributed by atoms with Gasteiger partial charge in [0.2, 0.25) is 0 Å². The highest BCUT2D eigenvalue weighted by molar-refractivity contribution is 7.85. The quantitative estimate of drug-likeness (QED) is 0.679. The summed E-state index contributed by atoms with van der Waals surface area (Å²) in [7, 11) is -0.130. The number of carbonyl (C=O) groups is 1. The average molecular weight is 412 g/mol. The van der Waals surface area contributed by atoms with Crippen molar-refractivity contribution in [1.82, 2.24) is 0 Å². The van der Waals surface area contributed by atoms with Crippen molar-refractivity contribution in [1.29, 1.82) is 5.26 Å². The first kappa shape index (κ1) is 20.2. The molecule has 3 rings (SSSR count). The maximum Gasteiger partial charge on any atom is 0.261 e. The van der Waals surface area contributed by atoms with E-state index in [1.807, 2.05) is 6.07 Å². The van der Waals surface area contributed by atoms with Crippen LogP contribution in [0.25, 0.3) is 0 Å². The number of carbonyl (C=O) groups excluding carboxylic acids is 1. The number of nitrogens with zero attached hydrogens (tertiary/aromatic N) is 1. The fourth-order valence-electron chi connectivity index (χ4n) is 2.59. The number of methoxy groups -OCH3 is 1. The third kappa shape index (κ3) is 4.31. The summed E-state index contributed by atoms with van der Waals surface area (Å²) in [4.78, 5) is 12.9. The van der Waals surface area contributed by atoms with Crippen LogP contribution in [0.3, 0.4) is 0 Å². The number of nitrogens with one attached hydrogen (secondary N) is 1. The van der Waals surface area contributed by atoms with Crippen LogP contribution in [-0.4, -0.2) is 17.2 Å². The largest absolute Gasteiger partial charge is 0.497 e. The number of hydrogen-bond donors (Lipinski definition) is 1. The maximum atomic E-state index is 13.8. The summed E-state index contributed by atoms with van der Waals surface area (Å²) in [6.07, 6.45) is 0. The molecule has 1 unspecified atom stereocenters. The molecule has 1 amide bonds. The summed E-state index contributed by atoms with van der Waals surface area (Å²) < 4.78 is 45.4. The fourth-order valence-corrected chi connectivity index (χ4v) is 3.72. The lowest BCUT2D eigenvalue weighted by Gasteiger charge is -2.10. The van der Waals surface area contributed by atoms with Crippen LogP contribution in [0.5, 0.6) is 5.75 Å². The summed E-state index contributed by atoms with van der Waals surface area (Å²) >= 11 is 0. The summed E-state index contributed by atoms with van der Waals surface area (Å²) in [6, 6.07) is 15.7. The standard InChI is InChI=1S/C21H14F2N2O3S/c1-28-15-6-8-16(9-7-15)29(27)19-10-5-14(11-13(19)12-24)25-21(26)20-17(22)3-2-4-18(20)23/h2-11H,1H3,(H,25,26). The molecule has 29 heavy (non-hydrogen) atoms. The maximum absolute atomic E-state index is 13.8. The van der Waals surface area contributed by atoms with Gasteiger partial charge >= 0.3 is 0 Å². The number of hydrogen-bond acceptors (Lipinski definition) is 4. The van der Waals surface area contributed by atoms with Crippen molar-refractivity contribution in [2.24, 2.45) is 0 Å². The van der Waals surface area contributed by atoms with Crippen LogP contribution < -0.4 is 10.1 Å². The van der Waals surface area contributed by atoms with E-state index in [4.69, 9.17) is 4.74 Å². The first-order chi connectivity index (χ1) is 13.9. The second kappa shape index (κ2) is 8.63. The predicted molar refractivity (Wildman–Crippen MR) is 103 cm³/mol. The Kier molecular flexibility index (Phi) is 6.00. The highest BCUT2D eigenvalue weighted by atomic mass is 32.2. The average Bonchev–Trinajstić information content (AvgIpc) is 2.73. The molecule has 0 radical (unpaired) electrons. The van der Waals surface area contributed by atoms with Crippen molar-refractivity contribution in [2.75, 3.05) is 12.4 Å². The minimum absolute atomic E-state index is 0.0611. The Morgan fingerprint density at radius 1 is 1.07 bits per heavy atom. The molecule has 0 aromatic heterocycles. The van der Waals surface area contributed by atoms with Gasteiger partial charge in [0.1, 0.15) is 29.0 Å². The lowest BCUT2D eigenvalue weighted by atomic mass is 10.1. The van der Waals surface area contributed by atoms with Crippen LogP contribution >= 0.6 is 0 Å². The Morgan fingerprint density at radius 2 is 1.72 bits per heavy atom. The lowest BCUT2D eigenvalue weighted by molar-refractivity contribution is 0.101. The van der Waals surface area contributed by atoms with Crippen molar-refractivity contribution in [3.05, 3.63) is 83.4 Å². The first-order valence-electron chi connectivity index (χ1n) is 8.30. The van der Waals surface area contributed by atoms with Gasteiger partial charge in [-0.1, -0.05) is 6.07 Å². The van der Waals surface area contributed by atoms with Gasteiger partial charge in [-0.05, 0) is 54.6 Å². The zero-order chi connectivity index (χ0) is 21.0. The molecule has 0 spiro atoms. The Balaban J connectivity index is 1.88. The van der Waals surface area contributed by atoms with Crippen LogP contribution in [0.15, 0.2) is 70.5 Å². The van der Waals surface area contributed by atoms with Gasteiger partial charge in [-0.3, -0.25) is 4.79 Å².